The predicted octanol–water partition coefficient (Wildman–Crippen LogP) is 8.36. The Morgan fingerprint density at radius 2 is 1.15 bits per heavy atom. The molecular weight excluding hydrogens is 450 g/mol. The minimum atomic E-state index is -4.36. The van der Waals surface area contributed by atoms with Gasteiger partial charge in [0, 0.05) is 0 Å². The second kappa shape index (κ2) is 6.45. The summed E-state index contributed by atoms with van der Waals surface area (Å²) in [5.41, 5.74) is 10.7. The maximum absolute atomic E-state index is 7.83. The molecule has 2 unspecified atom stereocenters. The number of aryl methyl sites for hydroxylation is 2. The third-order valence-electron chi connectivity index (χ3n) is 6.85. The number of allylic oxidation sites excluding steroid dienone is 2. The number of benzene rings is 2. The third kappa shape index (κ3) is 2.72. The van der Waals surface area contributed by atoms with E-state index in [0.29, 0.717) is 0 Å². The Bertz CT molecular complexity index is 936. The van der Waals surface area contributed by atoms with Crippen LogP contribution < -0.4 is 0 Å². The van der Waals surface area contributed by atoms with Gasteiger partial charge in [-0.15, -0.1) is 0 Å². The van der Waals surface area contributed by atoms with E-state index in [-0.39, 0.29) is 7.25 Å². The Hall–Kier alpha value is -0.617. The summed E-state index contributed by atoms with van der Waals surface area (Å²) >= 11 is -4.36. The molecule has 0 saturated heterocycles. The molecule has 2 aromatic carbocycles. The van der Waals surface area contributed by atoms with Gasteiger partial charge in [-0.1, -0.05) is 0 Å². The average molecular weight is 478 g/mol. The first-order valence-electron chi connectivity index (χ1n) is 9.81. The molecule has 0 N–H and O–H groups in total. The number of rotatable bonds is 3. The Morgan fingerprint density at radius 3 is 1.52 bits per heavy atom. The summed E-state index contributed by atoms with van der Waals surface area (Å²) in [6, 6.07) is 13.2. The monoisotopic (exact) mass is 475 g/mol. The molecule has 0 aliphatic heterocycles. The number of fused-ring (bicyclic) bond motifs is 2. The van der Waals surface area contributed by atoms with Crippen LogP contribution in [0, 0.1) is 13.8 Å². The first kappa shape index (κ1) is 19.7. The zero-order valence-corrected chi connectivity index (χ0v) is 20.7. The van der Waals surface area contributed by atoms with Gasteiger partial charge in [-0.25, -0.2) is 0 Å². The molecule has 2 aromatic rings. The van der Waals surface area contributed by atoms with Crippen LogP contribution in [-0.2, 0) is 16.4 Å². The van der Waals surface area contributed by atoms with Crippen molar-refractivity contribution in [1.82, 2.24) is 0 Å². The van der Waals surface area contributed by atoms with E-state index in [1.54, 1.807) is 0 Å². The van der Waals surface area contributed by atoms with Gasteiger partial charge in [0.15, 0.2) is 0 Å². The minimum absolute atomic E-state index is 0.175. The topological polar surface area (TPSA) is 0 Å². The zero-order valence-electron chi connectivity index (χ0n) is 16.7. The molecule has 0 radical (unpaired) electrons. The van der Waals surface area contributed by atoms with Crippen molar-refractivity contribution in [2.75, 3.05) is 0 Å². The molecule has 0 saturated carbocycles. The molecule has 0 amide bonds. The van der Waals surface area contributed by atoms with E-state index in [9.17, 15) is 0 Å². The van der Waals surface area contributed by atoms with Crippen molar-refractivity contribution >= 4 is 29.2 Å². The van der Waals surface area contributed by atoms with Crippen LogP contribution >= 0.6 is 17.0 Å². The van der Waals surface area contributed by atoms with Crippen molar-refractivity contribution in [2.45, 2.75) is 46.0 Å². The molecule has 0 nitrogen and oxygen atoms in total. The van der Waals surface area contributed by atoms with Crippen molar-refractivity contribution in [3.05, 3.63) is 80.9 Å². The van der Waals surface area contributed by atoms with Gasteiger partial charge in [0.05, 0.1) is 0 Å². The van der Waals surface area contributed by atoms with Crippen LogP contribution in [-0.4, -0.2) is 0 Å². The van der Waals surface area contributed by atoms with Gasteiger partial charge in [0.2, 0.25) is 0 Å². The van der Waals surface area contributed by atoms with Crippen LogP contribution in [0.15, 0.2) is 47.5 Å². The van der Waals surface area contributed by atoms with Crippen LogP contribution in [0.1, 0.15) is 61.4 Å². The number of hydrogen-bond donors (Lipinski definition) is 0. The standard InChI is InChI=1S/2C11H11.C2H5.2ClH.Zr/c2*1-8-6-10-5-3-4-9(2)11(10)7-8;1-2;;;/h2*3-7H,1-2H3;1H2,2H3;2*1H;/q;;;;;+2/p-2. The molecule has 141 valence electrons. The van der Waals surface area contributed by atoms with Gasteiger partial charge in [-0.3, -0.25) is 0 Å². The van der Waals surface area contributed by atoms with Gasteiger partial charge in [0.25, 0.3) is 0 Å². The molecule has 0 aromatic heterocycles. The van der Waals surface area contributed by atoms with E-state index < -0.39 is 16.4 Å². The Labute approximate surface area is 171 Å². The average Bonchev–Trinajstić information content (AvgIpc) is 3.14. The van der Waals surface area contributed by atoms with E-state index in [1.807, 2.05) is 0 Å². The second-order valence-corrected chi connectivity index (χ2v) is 31.4. The predicted molar refractivity (Wildman–Crippen MR) is 117 cm³/mol. The molecular formula is C24H27Cl2Zr. The first-order valence-corrected chi connectivity index (χ1v) is 20.7. The molecule has 0 heterocycles. The summed E-state index contributed by atoms with van der Waals surface area (Å²) in [5, 5.41) is 0. The summed E-state index contributed by atoms with van der Waals surface area (Å²) in [5.74, 6) is 0. The van der Waals surface area contributed by atoms with Crippen molar-refractivity contribution < 1.29 is 16.4 Å². The fraction of sp³-hybridized carbons (Fsp3) is 0.333. The number of halogens is 2. The van der Waals surface area contributed by atoms with Crippen LogP contribution in [0.5, 0.6) is 0 Å². The molecule has 2 atom stereocenters. The molecule has 2 aliphatic rings. The molecule has 27 heavy (non-hydrogen) atoms. The SMILES string of the molecule is C[CH2][Zr]([Cl])([Cl])([CH]1C(C)=Cc2c(C)cccc21)[CH]1C(C)=Cc2c(C)cccc21. The van der Waals surface area contributed by atoms with E-state index >= 15 is 0 Å². The van der Waals surface area contributed by atoms with Crippen LogP contribution in [0.2, 0.25) is 4.13 Å². The van der Waals surface area contributed by atoms with Crippen LogP contribution in [0.25, 0.3) is 12.2 Å². The maximum atomic E-state index is 7.83. The van der Waals surface area contributed by atoms with Crippen LogP contribution in [0.3, 0.4) is 0 Å². The summed E-state index contributed by atoms with van der Waals surface area (Å²) in [7, 11) is 15.7. The van der Waals surface area contributed by atoms with Gasteiger partial charge in [0.1, 0.15) is 0 Å². The van der Waals surface area contributed by atoms with E-state index in [4.69, 9.17) is 17.0 Å². The summed E-state index contributed by atoms with van der Waals surface area (Å²) in [6.07, 6.45) is 4.66. The third-order valence-corrected chi connectivity index (χ3v) is 28.1. The van der Waals surface area contributed by atoms with E-state index in [0.717, 1.165) is 4.13 Å². The molecule has 0 spiro atoms. The van der Waals surface area contributed by atoms with Gasteiger partial charge in [-0.05, 0) is 0 Å². The fourth-order valence-electron chi connectivity index (χ4n) is 5.56. The fourth-order valence-corrected chi connectivity index (χ4v) is 24.6. The summed E-state index contributed by atoms with van der Waals surface area (Å²) in [4.78, 5) is 0. The number of hydrogen-bond acceptors (Lipinski definition) is 0. The molecule has 0 fully saturated rings. The van der Waals surface area contributed by atoms with Crippen molar-refractivity contribution in [1.29, 1.82) is 0 Å². The molecule has 3 heteroatoms. The quantitative estimate of drug-likeness (QED) is 0.417. The van der Waals surface area contributed by atoms with Crippen molar-refractivity contribution in [3.63, 3.8) is 0 Å². The zero-order chi connectivity index (χ0) is 19.6. The van der Waals surface area contributed by atoms with Crippen molar-refractivity contribution in [2.24, 2.45) is 0 Å². The Balaban J connectivity index is 1.97. The Morgan fingerprint density at radius 1 is 0.741 bits per heavy atom. The van der Waals surface area contributed by atoms with Crippen LogP contribution in [0.4, 0.5) is 0 Å². The first-order chi connectivity index (χ1) is 12.7. The summed E-state index contributed by atoms with van der Waals surface area (Å²) in [6.45, 7) is 11.0. The molecule has 2 aliphatic carbocycles. The van der Waals surface area contributed by atoms with Crippen molar-refractivity contribution in [3.8, 4) is 0 Å². The molecule has 4 rings (SSSR count). The normalized spacial score (nSPS) is 22.6. The van der Waals surface area contributed by atoms with Gasteiger partial charge >= 0.3 is 172 Å². The summed E-state index contributed by atoms with van der Waals surface area (Å²) < 4.78 is 1.22. The van der Waals surface area contributed by atoms with E-state index in [1.165, 1.54) is 44.5 Å². The van der Waals surface area contributed by atoms with Gasteiger partial charge < -0.3 is 0 Å². The second-order valence-electron chi connectivity index (χ2n) is 8.50. The van der Waals surface area contributed by atoms with E-state index in [2.05, 4.69) is 83.2 Å². The van der Waals surface area contributed by atoms with Gasteiger partial charge in [-0.2, -0.15) is 0 Å². The Kier molecular flexibility index (Phi) is 4.70. The molecule has 0 bridgehead atoms.